The molecule has 3 rings (SSSR count). The number of carbonyl (C=O) groups is 1. The summed E-state index contributed by atoms with van der Waals surface area (Å²) >= 11 is 0. The highest BCUT2D eigenvalue weighted by atomic mass is 16.5. The smallest absolute Gasteiger partial charge is 0.273 e. The van der Waals surface area contributed by atoms with Crippen LogP contribution < -0.4 is 10.1 Å². The van der Waals surface area contributed by atoms with E-state index in [1.54, 1.807) is 19.9 Å². The quantitative estimate of drug-likeness (QED) is 0.784. The van der Waals surface area contributed by atoms with Gasteiger partial charge in [-0.3, -0.25) is 9.69 Å². The second-order valence-corrected chi connectivity index (χ2v) is 7.29. The largest absolute Gasteiger partial charge is 0.486 e. The molecule has 7 nitrogen and oxygen atoms in total. The van der Waals surface area contributed by atoms with Gasteiger partial charge in [0.25, 0.3) is 5.91 Å². The minimum Gasteiger partial charge on any atom is -0.486 e. The molecule has 2 aromatic rings. The summed E-state index contributed by atoms with van der Waals surface area (Å²) in [6.07, 6.45) is 0.851. The van der Waals surface area contributed by atoms with E-state index in [0.717, 1.165) is 25.3 Å². The normalized spacial score (nSPS) is 18.0. The fourth-order valence-corrected chi connectivity index (χ4v) is 3.06. The molecule has 1 aliphatic heterocycles. The number of nitrogens with one attached hydrogen (secondary N) is 1. The molecule has 0 aliphatic carbocycles. The minimum absolute atomic E-state index is 0.0468. The Bertz CT molecular complexity index is 724. The van der Waals surface area contributed by atoms with Crippen LogP contribution >= 0.6 is 0 Å². The number of para-hydroxylation sites is 1. The number of amides is 1. The third-order valence-corrected chi connectivity index (χ3v) is 4.13. The highest BCUT2D eigenvalue weighted by Crippen LogP contribution is 2.15. The number of hydrogen-bond acceptors (Lipinski definition) is 6. The van der Waals surface area contributed by atoms with E-state index >= 15 is 0 Å². The molecule has 2 heterocycles. The van der Waals surface area contributed by atoms with E-state index in [0.29, 0.717) is 12.3 Å². The fraction of sp³-hybridized carbons (Fsp3) is 0.474. The number of rotatable bonds is 7. The van der Waals surface area contributed by atoms with Gasteiger partial charge < -0.3 is 19.7 Å². The molecule has 26 heavy (non-hydrogen) atoms. The Labute approximate surface area is 152 Å². The van der Waals surface area contributed by atoms with Crippen molar-refractivity contribution in [3.8, 4) is 5.75 Å². The summed E-state index contributed by atoms with van der Waals surface area (Å²) in [5.74, 6) is 0.969. The molecule has 0 bridgehead atoms. The average Bonchev–Trinajstić information content (AvgIpc) is 3.22. The maximum atomic E-state index is 12.3. The molecular weight excluding hydrogens is 334 g/mol. The summed E-state index contributed by atoms with van der Waals surface area (Å²) in [7, 11) is 0. The molecule has 1 fully saturated rings. The topological polar surface area (TPSA) is 87.8 Å². The van der Waals surface area contributed by atoms with Gasteiger partial charge in [-0.05, 0) is 32.4 Å². The molecule has 0 spiro atoms. The van der Waals surface area contributed by atoms with Crippen LogP contribution in [-0.2, 0) is 6.61 Å². The van der Waals surface area contributed by atoms with Crippen molar-refractivity contribution in [2.24, 2.45) is 0 Å². The van der Waals surface area contributed by atoms with Gasteiger partial charge in [0.2, 0.25) is 0 Å². The zero-order valence-electron chi connectivity index (χ0n) is 15.1. The van der Waals surface area contributed by atoms with Crippen LogP contribution in [0, 0.1) is 0 Å². The first-order valence-corrected chi connectivity index (χ1v) is 8.78. The molecular formula is C19H25N3O4. The van der Waals surface area contributed by atoms with Gasteiger partial charge >= 0.3 is 0 Å². The van der Waals surface area contributed by atoms with Crippen LogP contribution in [0.25, 0.3) is 0 Å². The maximum absolute atomic E-state index is 12.3. The molecule has 1 amide bonds. The number of ether oxygens (including phenoxy) is 1. The molecule has 0 saturated carbocycles. The van der Waals surface area contributed by atoms with Crippen LogP contribution in [0.15, 0.2) is 40.9 Å². The summed E-state index contributed by atoms with van der Waals surface area (Å²) in [4.78, 5) is 14.5. The number of β-amino-alcohol motifs (C(OH)–C–C–N with tert-alkyl or cyclic N) is 1. The summed E-state index contributed by atoms with van der Waals surface area (Å²) < 4.78 is 10.8. The molecule has 140 valence electrons. The average molecular weight is 359 g/mol. The Morgan fingerprint density at radius 3 is 2.92 bits per heavy atom. The van der Waals surface area contributed by atoms with E-state index in [9.17, 15) is 9.90 Å². The number of nitrogens with zero attached hydrogens (tertiary/aromatic N) is 2. The highest BCUT2D eigenvalue weighted by molar-refractivity contribution is 5.92. The zero-order chi connectivity index (χ0) is 18.6. The molecule has 1 aromatic carbocycles. The van der Waals surface area contributed by atoms with Crippen molar-refractivity contribution < 1.29 is 19.2 Å². The van der Waals surface area contributed by atoms with Gasteiger partial charge in [-0.25, -0.2) is 0 Å². The van der Waals surface area contributed by atoms with Crippen LogP contribution in [0.4, 0.5) is 0 Å². The molecule has 7 heteroatoms. The van der Waals surface area contributed by atoms with Crippen molar-refractivity contribution in [1.82, 2.24) is 15.4 Å². The van der Waals surface area contributed by atoms with Gasteiger partial charge in [0.15, 0.2) is 11.5 Å². The lowest BCUT2D eigenvalue weighted by atomic mass is 10.1. The van der Waals surface area contributed by atoms with Crippen molar-refractivity contribution in [3.63, 3.8) is 0 Å². The minimum atomic E-state index is -0.737. The second kappa shape index (κ2) is 7.88. The van der Waals surface area contributed by atoms with Gasteiger partial charge in [-0.15, -0.1) is 0 Å². The fourth-order valence-electron chi connectivity index (χ4n) is 3.06. The lowest BCUT2D eigenvalue weighted by Gasteiger charge is -2.25. The zero-order valence-corrected chi connectivity index (χ0v) is 15.1. The summed E-state index contributed by atoms with van der Waals surface area (Å²) in [5.41, 5.74) is -0.490. The Morgan fingerprint density at radius 1 is 1.42 bits per heavy atom. The summed E-state index contributed by atoms with van der Waals surface area (Å²) in [5, 5.41) is 16.7. The van der Waals surface area contributed by atoms with Crippen molar-refractivity contribution in [2.45, 2.75) is 38.5 Å². The van der Waals surface area contributed by atoms with E-state index in [4.69, 9.17) is 9.26 Å². The molecule has 1 saturated heterocycles. The molecule has 1 aromatic heterocycles. The van der Waals surface area contributed by atoms with Crippen LogP contribution in [0.1, 0.15) is 36.5 Å². The van der Waals surface area contributed by atoms with Crippen molar-refractivity contribution in [1.29, 1.82) is 0 Å². The monoisotopic (exact) mass is 359 g/mol. The lowest BCUT2D eigenvalue weighted by Crippen LogP contribution is -2.41. The molecule has 1 atom stereocenters. The van der Waals surface area contributed by atoms with Crippen LogP contribution in [0.5, 0.6) is 5.75 Å². The standard InChI is InChI=1S/C19H25N3O4/c1-19(2,24)13-22-9-8-14(11-22)20-18(23)17-10-16(26-21-17)12-25-15-6-4-3-5-7-15/h3-7,10,14,24H,8-9,11-13H2,1-2H3,(H,20,23)/t14-/m1/s1. The number of aliphatic hydroxyl groups is 1. The van der Waals surface area contributed by atoms with Crippen LogP contribution in [0.3, 0.4) is 0 Å². The van der Waals surface area contributed by atoms with E-state index in [1.165, 1.54) is 0 Å². The van der Waals surface area contributed by atoms with E-state index < -0.39 is 5.60 Å². The van der Waals surface area contributed by atoms with Gasteiger partial charge in [0, 0.05) is 31.7 Å². The number of benzene rings is 1. The van der Waals surface area contributed by atoms with Gasteiger partial charge in [-0.1, -0.05) is 23.4 Å². The third kappa shape index (κ3) is 5.31. The Kier molecular flexibility index (Phi) is 5.58. The van der Waals surface area contributed by atoms with Crippen LogP contribution in [0.2, 0.25) is 0 Å². The van der Waals surface area contributed by atoms with E-state index in [1.807, 2.05) is 30.3 Å². The van der Waals surface area contributed by atoms with Gasteiger partial charge in [-0.2, -0.15) is 0 Å². The lowest BCUT2D eigenvalue weighted by molar-refractivity contribution is 0.0433. The van der Waals surface area contributed by atoms with Gasteiger partial charge in [0.1, 0.15) is 12.4 Å². The number of likely N-dealkylation sites (tertiary alicyclic amines) is 1. The highest BCUT2D eigenvalue weighted by Gasteiger charge is 2.28. The summed E-state index contributed by atoms with van der Waals surface area (Å²) in [6.45, 7) is 5.94. The van der Waals surface area contributed by atoms with Gasteiger partial charge in [0.05, 0.1) is 5.60 Å². The predicted octanol–water partition coefficient (Wildman–Crippen LogP) is 1.83. The number of hydrogen-bond donors (Lipinski definition) is 2. The van der Waals surface area contributed by atoms with Crippen molar-refractivity contribution in [3.05, 3.63) is 47.9 Å². The Hall–Kier alpha value is -2.38. The number of carbonyl (C=O) groups excluding carboxylic acids is 1. The maximum Gasteiger partial charge on any atom is 0.273 e. The summed E-state index contributed by atoms with van der Waals surface area (Å²) in [6, 6.07) is 11.0. The molecule has 0 radical (unpaired) electrons. The van der Waals surface area contributed by atoms with E-state index in [2.05, 4.69) is 15.4 Å². The SMILES string of the molecule is CC(C)(O)CN1CC[C@@H](NC(=O)c2cc(COc3ccccc3)on2)C1. The number of aromatic nitrogens is 1. The van der Waals surface area contributed by atoms with Crippen molar-refractivity contribution >= 4 is 5.91 Å². The molecule has 1 aliphatic rings. The Morgan fingerprint density at radius 2 is 2.19 bits per heavy atom. The van der Waals surface area contributed by atoms with Crippen molar-refractivity contribution in [2.75, 3.05) is 19.6 Å². The molecule has 0 unspecified atom stereocenters. The predicted molar refractivity (Wildman–Crippen MR) is 95.9 cm³/mol. The first-order chi connectivity index (χ1) is 12.4. The first-order valence-electron chi connectivity index (χ1n) is 8.78. The van der Waals surface area contributed by atoms with E-state index in [-0.39, 0.29) is 24.2 Å². The molecule has 2 N–H and O–H groups in total. The first kappa shape index (κ1) is 18.4. The van der Waals surface area contributed by atoms with Crippen LogP contribution in [-0.4, -0.2) is 52.3 Å². The third-order valence-electron chi connectivity index (χ3n) is 4.13. The second-order valence-electron chi connectivity index (χ2n) is 7.29. The Balaban J connectivity index is 1.48.